The minimum Gasteiger partial charge on any atom is -0.457 e. The first kappa shape index (κ1) is 18.3. The van der Waals surface area contributed by atoms with Crippen LogP contribution >= 0.6 is 0 Å². The SMILES string of the molecule is C1=CC[C@H](CN2CCN(Cc3cccc(Oc4ccccc4)c3)CC2)CC1. The zero-order valence-electron chi connectivity index (χ0n) is 16.1. The molecule has 2 aromatic carbocycles. The maximum absolute atomic E-state index is 5.98. The van der Waals surface area contributed by atoms with Gasteiger partial charge in [0, 0.05) is 39.3 Å². The van der Waals surface area contributed by atoms with Gasteiger partial charge in [0.2, 0.25) is 0 Å². The Labute approximate surface area is 163 Å². The van der Waals surface area contributed by atoms with E-state index in [0.717, 1.165) is 37.1 Å². The zero-order valence-corrected chi connectivity index (χ0v) is 16.1. The molecule has 142 valence electrons. The standard InChI is InChI=1S/C24H30N2O/c1-3-8-21(9-4-1)19-25-14-16-26(17-15-25)20-22-10-7-13-24(18-22)27-23-11-5-2-6-12-23/h1-3,5-7,10-13,18,21H,4,8-9,14-17,19-20H2/t21-/m0/s1. The maximum atomic E-state index is 5.98. The second-order valence-corrected chi connectivity index (χ2v) is 7.79. The van der Waals surface area contributed by atoms with Gasteiger partial charge >= 0.3 is 0 Å². The Morgan fingerprint density at radius 3 is 2.37 bits per heavy atom. The van der Waals surface area contributed by atoms with E-state index in [-0.39, 0.29) is 0 Å². The first-order valence-electron chi connectivity index (χ1n) is 10.3. The van der Waals surface area contributed by atoms with Crippen LogP contribution in [0.4, 0.5) is 0 Å². The van der Waals surface area contributed by atoms with E-state index in [0.29, 0.717) is 0 Å². The number of rotatable bonds is 6. The minimum atomic E-state index is 0.869. The number of benzene rings is 2. The monoisotopic (exact) mass is 362 g/mol. The highest BCUT2D eigenvalue weighted by Gasteiger charge is 2.20. The van der Waals surface area contributed by atoms with Crippen LogP contribution in [0.25, 0.3) is 0 Å². The summed E-state index contributed by atoms with van der Waals surface area (Å²) in [5.74, 6) is 2.68. The molecule has 3 heteroatoms. The van der Waals surface area contributed by atoms with Gasteiger partial charge in [0.15, 0.2) is 0 Å². The van der Waals surface area contributed by atoms with Gasteiger partial charge in [-0.2, -0.15) is 0 Å². The van der Waals surface area contributed by atoms with Gasteiger partial charge in [0.25, 0.3) is 0 Å². The molecular weight excluding hydrogens is 332 g/mol. The zero-order chi connectivity index (χ0) is 18.3. The van der Waals surface area contributed by atoms with Crippen LogP contribution in [0.15, 0.2) is 66.7 Å². The van der Waals surface area contributed by atoms with Gasteiger partial charge in [-0.1, -0.05) is 42.5 Å². The summed E-state index contributed by atoms with van der Waals surface area (Å²) in [6, 6.07) is 18.5. The summed E-state index contributed by atoms with van der Waals surface area (Å²) in [5.41, 5.74) is 1.33. The number of allylic oxidation sites excluding steroid dienone is 2. The number of piperazine rings is 1. The molecule has 0 bridgehead atoms. The lowest BCUT2D eigenvalue weighted by Crippen LogP contribution is -2.47. The van der Waals surface area contributed by atoms with Gasteiger partial charge in [-0.05, 0) is 55.0 Å². The molecule has 1 heterocycles. The van der Waals surface area contributed by atoms with Crippen LogP contribution in [-0.2, 0) is 6.54 Å². The van der Waals surface area contributed by atoms with Crippen molar-refractivity contribution in [3.8, 4) is 11.5 Å². The second-order valence-electron chi connectivity index (χ2n) is 7.79. The Hall–Kier alpha value is -2.10. The Morgan fingerprint density at radius 1 is 0.815 bits per heavy atom. The fraction of sp³-hybridized carbons (Fsp3) is 0.417. The van der Waals surface area contributed by atoms with Crippen LogP contribution in [-0.4, -0.2) is 42.5 Å². The van der Waals surface area contributed by atoms with Crippen LogP contribution < -0.4 is 4.74 Å². The summed E-state index contributed by atoms with van der Waals surface area (Å²) in [4.78, 5) is 5.23. The molecule has 0 radical (unpaired) electrons. The van der Waals surface area contributed by atoms with Crippen molar-refractivity contribution < 1.29 is 4.74 Å². The molecule has 4 rings (SSSR count). The van der Waals surface area contributed by atoms with Gasteiger partial charge in [-0.3, -0.25) is 4.90 Å². The predicted octanol–water partition coefficient (Wildman–Crippen LogP) is 4.95. The minimum absolute atomic E-state index is 0.869. The predicted molar refractivity (Wildman–Crippen MR) is 111 cm³/mol. The van der Waals surface area contributed by atoms with E-state index in [1.54, 1.807) is 0 Å². The van der Waals surface area contributed by atoms with E-state index in [9.17, 15) is 0 Å². The van der Waals surface area contributed by atoms with E-state index in [2.05, 4.69) is 40.2 Å². The Balaban J connectivity index is 1.26. The molecule has 0 N–H and O–H groups in total. The van der Waals surface area contributed by atoms with Crippen molar-refractivity contribution in [3.05, 3.63) is 72.3 Å². The Bertz CT molecular complexity index is 735. The number of hydrogen-bond acceptors (Lipinski definition) is 3. The average Bonchev–Trinajstić information content (AvgIpc) is 2.71. The number of ether oxygens (including phenoxy) is 1. The topological polar surface area (TPSA) is 15.7 Å². The van der Waals surface area contributed by atoms with Crippen LogP contribution in [0.2, 0.25) is 0 Å². The molecule has 2 aromatic rings. The van der Waals surface area contributed by atoms with E-state index in [1.807, 2.05) is 36.4 Å². The van der Waals surface area contributed by atoms with E-state index < -0.39 is 0 Å². The van der Waals surface area contributed by atoms with E-state index in [4.69, 9.17) is 4.74 Å². The Kier molecular flexibility index (Phi) is 6.23. The lowest BCUT2D eigenvalue weighted by atomic mass is 9.94. The molecule has 1 atom stereocenters. The van der Waals surface area contributed by atoms with E-state index in [1.165, 1.54) is 44.5 Å². The van der Waals surface area contributed by atoms with E-state index >= 15 is 0 Å². The van der Waals surface area contributed by atoms with Crippen molar-refractivity contribution in [1.29, 1.82) is 0 Å². The molecule has 27 heavy (non-hydrogen) atoms. The molecule has 1 aliphatic heterocycles. The fourth-order valence-electron chi connectivity index (χ4n) is 4.11. The van der Waals surface area contributed by atoms with Crippen molar-refractivity contribution in [2.45, 2.75) is 25.8 Å². The maximum Gasteiger partial charge on any atom is 0.127 e. The Morgan fingerprint density at radius 2 is 1.59 bits per heavy atom. The number of nitrogens with zero attached hydrogens (tertiary/aromatic N) is 2. The highest BCUT2D eigenvalue weighted by atomic mass is 16.5. The van der Waals surface area contributed by atoms with Crippen molar-refractivity contribution in [2.75, 3.05) is 32.7 Å². The van der Waals surface area contributed by atoms with Crippen molar-refractivity contribution in [2.24, 2.45) is 5.92 Å². The quantitative estimate of drug-likeness (QED) is 0.676. The highest BCUT2D eigenvalue weighted by molar-refractivity contribution is 5.33. The third kappa shape index (κ3) is 5.44. The lowest BCUT2D eigenvalue weighted by Gasteiger charge is -2.36. The van der Waals surface area contributed by atoms with Crippen molar-refractivity contribution in [3.63, 3.8) is 0 Å². The summed E-state index contributed by atoms with van der Waals surface area (Å²) in [7, 11) is 0. The number of para-hydroxylation sites is 1. The summed E-state index contributed by atoms with van der Waals surface area (Å²) < 4.78 is 5.98. The van der Waals surface area contributed by atoms with Crippen molar-refractivity contribution >= 4 is 0 Å². The third-order valence-electron chi connectivity index (χ3n) is 5.64. The lowest BCUT2D eigenvalue weighted by molar-refractivity contribution is 0.111. The second kappa shape index (κ2) is 9.20. The molecular formula is C24H30N2O. The molecule has 0 saturated carbocycles. The summed E-state index contributed by atoms with van der Waals surface area (Å²) >= 11 is 0. The first-order valence-corrected chi connectivity index (χ1v) is 10.3. The molecule has 0 spiro atoms. The molecule has 0 amide bonds. The molecule has 0 aromatic heterocycles. The van der Waals surface area contributed by atoms with Crippen LogP contribution in [0.3, 0.4) is 0 Å². The molecule has 0 unspecified atom stereocenters. The number of hydrogen-bond donors (Lipinski definition) is 0. The van der Waals surface area contributed by atoms with Gasteiger partial charge in [-0.25, -0.2) is 0 Å². The van der Waals surface area contributed by atoms with Crippen molar-refractivity contribution in [1.82, 2.24) is 9.80 Å². The summed E-state index contributed by atoms with van der Waals surface area (Å²) in [6.07, 6.45) is 8.62. The normalized spacial score (nSPS) is 21.3. The summed E-state index contributed by atoms with van der Waals surface area (Å²) in [6.45, 7) is 6.99. The molecule has 3 nitrogen and oxygen atoms in total. The van der Waals surface area contributed by atoms with Gasteiger partial charge in [0.1, 0.15) is 11.5 Å². The van der Waals surface area contributed by atoms with Gasteiger partial charge in [-0.15, -0.1) is 0 Å². The molecule has 1 saturated heterocycles. The molecule has 2 aliphatic rings. The average molecular weight is 363 g/mol. The fourth-order valence-corrected chi connectivity index (χ4v) is 4.11. The first-order chi connectivity index (χ1) is 13.3. The van der Waals surface area contributed by atoms with Crippen LogP contribution in [0.1, 0.15) is 24.8 Å². The van der Waals surface area contributed by atoms with Crippen LogP contribution in [0, 0.1) is 5.92 Å². The van der Waals surface area contributed by atoms with Gasteiger partial charge in [0.05, 0.1) is 0 Å². The summed E-state index contributed by atoms with van der Waals surface area (Å²) in [5, 5.41) is 0. The molecule has 1 fully saturated rings. The smallest absolute Gasteiger partial charge is 0.127 e. The van der Waals surface area contributed by atoms with Crippen LogP contribution in [0.5, 0.6) is 11.5 Å². The largest absolute Gasteiger partial charge is 0.457 e. The molecule has 1 aliphatic carbocycles. The van der Waals surface area contributed by atoms with Gasteiger partial charge < -0.3 is 9.64 Å². The third-order valence-corrected chi connectivity index (χ3v) is 5.64. The highest BCUT2D eigenvalue weighted by Crippen LogP contribution is 2.23.